The molecule has 0 fully saturated rings. The number of fused-ring (bicyclic) bond motifs is 1. The molecular formula is C19H21N3OS. The first-order valence-corrected chi connectivity index (χ1v) is 9.12. The molecule has 4 nitrogen and oxygen atoms in total. The Hall–Kier alpha value is -2.27. The molecule has 124 valence electrons. The van der Waals surface area contributed by atoms with Gasteiger partial charge in [-0.2, -0.15) is 0 Å². The van der Waals surface area contributed by atoms with Gasteiger partial charge in [-0.3, -0.25) is 4.79 Å². The summed E-state index contributed by atoms with van der Waals surface area (Å²) in [6, 6.07) is 15.9. The predicted octanol–water partition coefficient (Wildman–Crippen LogP) is 4.81. The van der Waals surface area contributed by atoms with Crippen molar-refractivity contribution >= 4 is 34.4 Å². The number of amides is 1. The van der Waals surface area contributed by atoms with Crippen molar-refractivity contribution in [2.45, 2.75) is 31.3 Å². The molecular weight excluding hydrogens is 318 g/mol. The van der Waals surface area contributed by atoms with Crippen molar-refractivity contribution in [3.8, 4) is 0 Å². The Morgan fingerprint density at radius 1 is 1.21 bits per heavy atom. The molecule has 2 aromatic carbocycles. The third-order valence-electron chi connectivity index (χ3n) is 4.09. The summed E-state index contributed by atoms with van der Waals surface area (Å²) in [5.41, 5.74) is 3.99. The lowest BCUT2D eigenvalue weighted by Crippen LogP contribution is -2.15. The van der Waals surface area contributed by atoms with Gasteiger partial charge in [-0.05, 0) is 36.1 Å². The summed E-state index contributed by atoms with van der Waals surface area (Å²) >= 11 is 1.41. The molecule has 1 aromatic heterocycles. The minimum absolute atomic E-state index is 0.0174. The number of aromatic nitrogens is 2. The number of H-pyrrole nitrogens is 1. The lowest BCUT2D eigenvalue weighted by Gasteiger charge is -2.15. The van der Waals surface area contributed by atoms with Crippen LogP contribution >= 0.6 is 11.8 Å². The van der Waals surface area contributed by atoms with Gasteiger partial charge in [-0.25, -0.2) is 4.98 Å². The second-order valence-electron chi connectivity index (χ2n) is 5.79. The number of nitrogens with zero attached hydrogens (tertiary/aromatic N) is 1. The van der Waals surface area contributed by atoms with Crippen LogP contribution in [0, 0.1) is 0 Å². The minimum atomic E-state index is -0.0174. The van der Waals surface area contributed by atoms with Crippen LogP contribution in [0.4, 0.5) is 5.69 Å². The van der Waals surface area contributed by atoms with Gasteiger partial charge in [0.15, 0.2) is 5.16 Å². The first-order valence-electron chi connectivity index (χ1n) is 8.13. The van der Waals surface area contributed by atoms with Gasteiger partial charge in [0.1, 0.15) is 0 Å². The fourth-order valence-corrected chi connectivity index (χ4v) is 3.26. The fourth-order valence-electron chi connectivity index (χ4n) is 2.58. The normalized spacial score (nSPS) is 12.2. The van der Waals surface area contributed by atoms with E-state index in [1.807, 2.05) is 42.5 Å². The predicted molar refractivity (Wildman–Crippen MR) is 101 cm³/mol. The van der Waals surface area contributed by atoms with Crippen molar-refractivity contribution in [1.82, 2.24) is 9.97 Å². The molecule has 0 unspecified atom stereocenters. The van der Waals surface area contributed by atoms with Gasteiger partial charge in [0, 0.05) is 5.69 Å². The van der Waals surface area contributed by atoms with Crippen LogP contribution in [0.15, 0.2) is 53.7 Å². The van der Waals surface area contributed by atoms with E-state index in [1.54, 1.807) is 0 Å². The van der Waals surface area contributed by atoms with E-state index in [2.05, 4.69) is 35.2 Å². The van der Waals surface area contributed by atoms with E-state index < -0.39 is 0 Å². The number of hydrogen-bond acceptors (Lipinski definition) is 3. The molecule has 0 saturated heterocycles. The van der Waals surface area contributed by atoms with E-state index in [4.69, 9.17) is 0 Å². The van der Waals surface area contributed by atoms with Crippen molar-refractivity contribution in [3.05, 3.63) is 54.1 Å². The van der Waals surface area contributed by atoms with Crippen molar-refractivity contribution in [3.63, 3.8) is 0 Å². The number of benzene rings is 2. The van der Waals surface area contributed by atoms with Gasteiger partial charge < -0.3 is 10.3 Å². The molecule has 5 heteroatoms. The average molecular weight is 339 g/mol. The number of thioether (sulfide) groups is 1. The molecule has 24 heavy (non-hydrogen) atoms. The van der Waals surface area contributed by atoms with Crippen molar-refractivity contribution in [1.29, 1.82) is 0 Å². The first-order chi connectivity index (χ1) is 11.7. The zero-order chi connectivity index (χ0) is 16.9. The highest BCUT2D eigenvalue weighted by molar-refractivity contribution is 7.99. The smallest absolute Gasteiger partial charge is 0.234 e. The maximum atomic E-state index is 12.3. The summed E-state index contributed by atoms with van der Waals surface area (Å²) in [4.78, 5) is 20.0. The third-order valence-corrected chi connectivity index (χ3v) is 4.96. The Bertz CT molecular complexity index is 810. The summed E-state index contributed by atoms with van der Waals surface area (Å²) in [7, 11) is 0. The van der Waals surface area contributed by atoms with Gasteiger partial charge in [-0.15, -0.1) is 0 Å². The van der Waals surface area contributed by atoms with Crippen LogP contribution in [0.3, 0.4) is 0 Å². The topological polar surface area (TPSA) is 57.8 Å². The minimum Gasteiger partial charge on any atom is -0.333 e. The highest BCUT2D eigenvalue weighted by Crippen LogP contribution is 2.27. The number of anilines is 1. The largest absolute Gasteiger partial charge is 0.333 e. The molecule has 2 N–H and O–H groups in total. The van der Waals surface area contributed by atoms with Crippen molar-refractivity contribution in [2.75, 3.05) is 11.1 Å². The molecule has 1 atom stereocenters. The zero-order valence-corrected chi connectivity index (χ0v) is 14.7. The van der Waals surface area contributed by atoms with Gasteiger partial charge >= 0.3 is 0 Å². The number of carbonyl (C=O) groups is 1. The highest BCUT2D eigenvalue weighted by atomic mass is 32.2. The molecule has 0 aliphatic rings. The maximum Gasteiger partial charge on any atom is 0.234 e. The number of nitrogens with one attached hydrogen (secondary N) is 2. The van der Waals surface area contributed by atoms with Crippen LogP contribution in [0.1, 0.15) is 31.7 Å². The lowest BCUT2D eigenvalue weighted by molar-refractivity contribution is -0.113. The van der Waals surface area contributed by atoms with Gasteiger partial charge in [0.05, 0.1) is 16.8 Å². The van der Waals surface area contributed by atoms with Crippen molar-refractivity contribution in [2.24, 2.45) is 0 Å². The maximum absolute atomic E-state index is 12.3. The van der Waals surface area contributed by atoms with Gasteiger partial charge in [0.2, 0.25) is 5.91 Å². The number of carbonyl (C=O) groups excluding carboxylic acids is 1. The summed E-state index contributed by atoms with van der Waals surface area (Å²) in [5, 5.41) is 3.79. The van der Waals surface area contributed by atoms with Crippen molar-refractivity contribution < 1.29 is 4.79 Å². The number of imidazole rings is 1. The van der Waals surface area contributed by atoms with Crippen LogP contribution < -0.4 is 5.32 Å². The Labute approximate surface area is 146 Å². The summed E-state index contributed by atoms with van der Waals surface area (Å²) < 4.78 is 0. The Kier molecular flexibility index (Phi) is 5.20. The summed E-state index contributed by atoms with van der Waals surface area (Å²) in [6.45, 7) is 4.33. The molecule has 0 bridgehead atoms. The van der Waals surface area contributed by atoms with E-state index >= 15 is 0 Å². The average Bonchev–Trinajstić information content (AvgIpc) is 3.03. The summed E-state index contributed by atoms with van der Waals surface area (Å²) in [6.07, 6.45) is 1.04. The monoisotopic (exact) mass is 339 g/mol. The number of para-hydroxylation sites is 3. The van der Waals surface area contributed by atoms with E-state index in [9.17, 15) is 4.79 Å². The third kappa shape index (κ3) is 3.79. The molecule has 3 aromatic rings. The first kappa shape index (κ1) is 16.6. The number of aromatic amines is 1. The summed E-state index contributed by atoms with van der Waals surface area (Å²) in [5.74, 6) is 0.731. The molecule has 3 rings (SSSR count). The van der Waals surface area contributed by atoms with Crippen LogP contribution in [0.25, 0.3) is 11.0 Å². The van der Waals surface area contributed by atoms with Crippen LogP contribution in [-0.2, 0) is 4.79 Å². The van der Waals surface area contributed by atoms with Crippen LogP contribution in [0.5, 0.6) is 0 Å². The fraction of sp³-hybridized carbons (Fsp3) is 0.263. The molecule has 1 amide bonds. The Balaban J connectivity index is 1.64. The highest BCUT2D eigenvalue weighted by Gasteiger charge is 2.12. The van der Waals surface area contributed by atoms with E-state index in [1.165, 1.54) is 17.3 Å². The second-order valence-corrected chi connectivity index (χ2v) is 6.76. The Morgan fingerprint density at radius 2 is 1.96 bits per heavy atom. The zero-order valence-electron chi connectivity index (χ0n) is 13.9. The molecule has 1 heterocycles. The van der Waals surface area contributed by atoms with Crippen LogP contribution in [-0.4, -0.2) is 21.6 Å². The molecule has 0 spiro atoms. The van der Waals surface area contributed by atoms with E-state index in [0.717, 1.165) is 28.3 Å². The quantitative estimate of drug-likeness (QED) is 0.634. The molecule has 0 aliphatic carbocycles. The van der Waals surface area contributed by atoms with Gasteiger partial charge in [-0.1, -0.05) is 55.9 Å². The lowest BCUT2D eigenvalue weighted by atomic mass is 9.97. The SMILES string of the molecule is CC[C@@H](C)c1ccccc1NC(=O)CSc1nc2ccccc2[nH]1. The van der Waals surface area contributed by atoms with E-state index in [0.29, 0.717) is 11.7 Å². The second kappa shape index (κ2) is 7.53. The van der Waals surface area contributed by atoms with Crippen LogP contribution in [0.2, 0.25) is 0 Å². The number of rotatable bonds is 6. The Morgan fingerprint density at radius 3 is 2.75 bits per heavy atom. The molecule has 0 aliphatic heterocycles. The standard InChI is InChI=1S/C19H21N3OS/c1-3-13(2)14-8-4-5-9-15(14)20-18(23)12-24-19-21-16-10-6-7-11-17(16)22-19/h4-11,13H,3,12H2,1-2H3,(H,20,23)(H,21,22)/t13-/m1/s1. The molecule has 0 radical (unpaired) electrons. The number of hydrogen-bond donors (Lipinski definition) is 2. The van der Waals surface area contributed by atoms with E-state index in [-0.39, 0.29) is 5.91 Å². The van der Waals surface area contributed by atoms with Gasteiger partial charge in [0.25, 0.3) is 0 Å². The molecule has 0 saturated carbocycles.